The van der Waals surface area contributed by atoms with Gasteiger partial charge in [-0.25, -0.2) is 4.39 Å². The summed E-state index contributed by atoms with van der Waals surface area (Å²) in [6.07, 6.45) is 0. The number of nitrogens with zero attached hydrogens (tertiary/aromatic N) is 4. The van der Waals surface area contributed by atoms with Crippen molar-refractivity contribution in [1.82, 2.24) is 19.9 Å². The van der Waals surface area contributed by atoms with Crippen molar-refractivity contribution in [3.63, 3.8) is 0 Å². The fourth-order valence-electron chi connectivity index (χ4n) is 3.03. The van der Waals surface area contributed by atoms with Gasteiger partial charge in [0.2, 0.25) is 11.7 Å². The molecule has 2 aromatic heterocycles. The van der Waals surface area contributed by atoms with Crippen LogP contribution >= 0.6 is 11.3 Å². The van der Waals surface area contributed by atoms with E-state index in [-0.39, 0.29) is 5.82 Å². The molecule has 0 spiro atoms. The van der Waals surface area contributed by atoms with Crippen molar-refractivity contribution in [1.29, 1.82) is 0 Å². The Labute approximate surface area is 161 Å². The van der Waals surface area contributed by atoms with Crippen LogP contribution < -0.4 is 4.74 Å². The fourth-order valence-corrected chi connectivity index (χ4v) is 3.68. The SMILES string of the molecule is Fc1ccccc1OCCN1CCN(Cc2nc(-c3cccs3)no2)CC1. The quantitative estimate of drug-likeness (QED) is 0.620. The van der Waals surface area contributed by atoms with Crippen molar-refractivity contribution < 1.29 is 13.7 Å². The Morgan fingerprint density at radius 2 is 1.89 bits per heavy atom. The molecule has 1 saturated heterocycles. The van der Waals surface area contributed by atoms with Gasteiger partial charge in [0.05, 0.1) is 11.4 Å². The van der Waals surface area contributed by atoms with Gasteiger partial charge in [0.25, 0.3) is 0 Å². The first-order valence-corrected chi connectivity index (χ1v) is 9.84. The number of hydrogen-bond donors (Lipinski definition) is 0. The third-order valence-corrected chi connectivity index (χ3v) is 5.40. The van der Waals surface area contributed by atoms with Gasteiger partial charge in [-0.3, -0.25) is 9.80 Å². The molecule has 1 aromatic carbocycles. The van der Waals surface area contributed by atoms with Crippen LogP contribution in [0.5, 0.6) is 5.75 Å². The first kappa shape index (κ1) is 18.1. The molecule has 0 radical (unpaired) electrons. The largest absolute Gasteiger partial charge is 0.489 e. The summed E-state index contributed by atoms with van der Waals surface area (Å²) in [4.78, 5) is 10.1. The molecule has 0 atom stereocenters. The second-order valence-electron chi connectivity index (χ2n) is 6.39. The Kier molecular flexibility index (Phi) is 5.76. The third-order valence-electron chi connectivity index (χ3n) is 4.54. The number of para-hydroxylation sites is 1. The second-order valence-corrected chi connectivity index (χ2v) is 7.33. The molecular formula is C19H21FN4O2S. The summed E-state index contributed by atoms with van der Waals surface area (Å²) in [7, 11) is 0. The lowest BCUT2D eigenvalue weighted by atomic mass is 10.3. The molecule has 0 saturated carbocycles. The fraction of sp³-hybridized carbons (Fsp3) is 0.368. The van der Waals surface area contributed by atoms with Crippen LogP contribution in [0.1, 0.15) is 5.89 Å². The van der Waals surface area contributed by atoms with Crippen LogP contribution in [0.25, 0.3) is 10.7 Å². The highest BCUT2D eigenvalue weighted by atomic mass is 32.1. The number of rotatable bonds is 7. The molecule has 0 aliphatic carbocycles. The van der Waals surface area contributed by atoms with E-state index in [1.54, 1.807) is 29.5 Å². The molecule has 4 rings (SSSR count). The van der Waals surface area contributed by atoms with E-state index in [1.165, 1.54) is 6.07 Å². The van der Waals surface area contributed by atoms with Crippen LogP contribution in [0, 0.1) is 5.82 Å². The molecular weight excluding hydrogens is 367 g/mol. The van der Waals surface area contributed by atoms with Crippen molar-refractivity contribution in [2.45, 2.75) is 6.54 Å². The maximum atomic E-state index is 13.5. The van der Waals surface area contributed by atoms with E-state index < -0.39 is 0 Å². The molecule has 142 valence electrons. The molecule has 0 unspecified atom stereocenters. The number of benzene rings is 1. The molecule has 0 N–H and O–H groups in total. The Bertz CT molecular complexity index is 847. The molecule has 0 bridgehead atoms. The average molecular weight is 388 g/mol. The number of ether oxygens (including phenoxy) is 1. The summed E-state index contributed by atoms with van der Waals surface area (Å²) in [5.41, 5.74) is 0. The number of hydrogen-bond acceptors (Lipinski definition) is 7. The highest BCUT2D eigenvalue weighted by Crippen LogP contribution is 2.21. The van der Waals surface area contributed by atoms with E-state index in [1.807, 2.05) is 17.5 Å². The maximum absolute atomic E-state index is 13.5. The van der Waals surface area contributed by atoms with Crippen molar-refractivity contribution in [2.75, 3.05) is 39.3 Å². The Morgan fingerprint density at radius 3 is 2.67 bits per heavy atom. The topological polar surface area (TPSA) is 54.6 Å². The molecule has 6 nitrogen and oxygen atoms in total. The average Bonchev–Trinajstić information content (AvgIpc) is 3.36. The van der Waals surface area contributed by atoms with Gasteiger partial charge in [-0.2, -0.15) is 4.98 Å². The zero-order valence-electron chi connectivity index (χ0n) is 14.9. The lowest BCUT2D eigenvalue weighted by Gasteiger charge is -2.33. The minimum Gasteiger partial charge on any atom is -0.489 e. The molecule has 1 aliphatic rings. The Morgan fingerprint density at radius 1 is 1.07 bits per heavy atom. The summed E-state index contributed by atoms with van der Waals surface area (Å²) in [5.74, 6) is 1.30. The highest BCUT2D eigenvalue weighted by Gasteiger charge is 2.19. The van der Waals surface area contributed by atoms with E-state index in [9.17, 15) is 4.39 Å². The normalized spacial score (nSPS) is 15.9. The standard InChI is InChI=1S/C19H21FN4O2S/c20-15-4-1-2-5-16(15)25-12-11-23-7-9-24(10-8-23)14-18-21-19(22-26-18)17-6-3-13-27-17/h1-6,13H,7-12,14H2. The lowest BCUT2D eigenvalue weighted by molar-refractivity contribution is 0.104. The molecule has 3 aromatic rings. The third kappa shape index (κ3) is 4.71. The van der Waals surface area contributed by atoms with Crippen LogP contribution in [0.3, 0.4) is 0 Å². The van der Waals surface area contributed by atoms with Crippen LogP contribution in [0.2, 0.25) is 0 Å². The van der Waals surface area contributed by atoms with E-state index in [2.05, 4.69) is 19.9 Å². The van der Waals surface area contributed by atoms with Gasteiger partial charge in [-0.15, -0.1) is 11.3 Å². The summed E-state index contributed by atoms with van der Waals surface area (Å²) in [5, 5.41) is 6.06. The van der Waals surface area contributed by atoms with Gasteiger partial charge in [-0.05, 0) is 23.6 Å². The van der Waals surface area contributed by atoms with E-state index in [0.717, 1.165) is 37.6 Å². The number of thiophene rings is 1. The molecule has 8 heteroatoms. The Balaban J connectivity index is 1.20. The number of halogens is 1. The van der Waals surface area contributed by atoms with Crippen LogP contribution in [-0.2, 0) is 6.54 Å². The lowest BCUT2D eigenvalue weighted by Crippen LogP contribution is -2.47. The molecule has 0 amide bonds. The van der Waals surface area contributed by atoms with Crippen LogP contribution in [0.4, 0.5) is 4.39 Å². The van der Waals surface area contributed by atoms with Gasteiger partial charge in [0, 0.05) is 32.7 Å². The molecule has 3 heterocycles. The smallest absolute Gasteiger partial charge is 0.241 e. The van der Waals surface area contributed by atoms with Gasteiger partial charge in [0.15, 0.2) is 11.6 Å². The number of piperazine rings is 1. The number of aromatic nitrogens is 2. The predicted octanol–water partition coefficient (Wildman–Crippen LogP) is 3.13. The van der Waals surface area contributed by atoms with Gasteiger partial charge in [0.1, 0.15) is 6.61 Å². The summed E-state index contributed by atoms with van der Waals surface area (Å²) in [6, 6.07) is 10.5. The van der Waals surface area contributed by atoms with Crippen LogP contribution in [0.15, 0.2) is 46.3 Å². The minimum absolute atomic E-state index is 0.314. The monoisotopic (exact) mass is 388 g/mol. The maximum Gasteiger partial charge on any atom is 0.241 e. The minimum atomic E-state index is -0.316. The first-order chi connectivity index (χ1) is 13.3. The van der Waals surface area contributed by atoms with Crippen LogP contribution in [-0.4, -0.2) is 59.3 Å². The molecule has 1 aliphatic heterocycles. The van der Waals surface area contributed by atoms with Crippen molar-refractivity contribution >= 4 is 11.3 Å². The second kappa shape index (κ2) is 8.60. The summed E-state index contributed by atoms with van der Waals surface area (Å²) in [6.45, 7) is 5.66. The van der Waals surface area contributed by atoms with E-state index in [4.69, 9.17) is 9.26 Å². The van der Waals surface area contributed by atoms with Crippen molar-refractivity contribution in [2.24, 2.45) is 0 Å². The van der Waals surface area contributed by atoms with Crippen molar-refractivity contribution in [3.8, 4) is 16.5 Å². The van der Waals surface area contributed by atoms with Gasteiger partial charge >= 0.3 is 0 Å². The zero-order valence-corrected chi connectivity index (χ0v) is 15.7. The Hall–Kier alpha value is -2.29. The molecule has 27 heavy (non-hydrogen) atoms. The summed E-state index contributed by atoms with van der Waals surface area (Å²) < 4.78 is 24.5. The first-order valence-electron chi connectivity index (χ1n) is 8.96. The van der Waals surface area contributed by atoms with Gasteiger partial charge in [-0.1, -0.05) is 23.4 Å². The van der Waals surface area contributed by atoms with Crippen molar-refractivity contribution in [3.05, 3.63) is 53.5 Å². The predicted molar refractivity (Wildman–Crippen MR) is 101 cm³/mol. The zero-order chi connectivity index (χ0) is 18.5. The molecule has 1 fully saturated rings. The van der Waals surface area contributed by atoms with E-state index in [0.29, 0.717) is 30.6 Å². The highest BCUT2D eigenvalue weighted by molar-refractivity contribution is 7.13. The van der Waals surface area contributed by atoms with E-state index >= 15 is 0 Å². The summed E-state index contributed by atoms with van der Waals surface area (Å²) >= 11 is 1.60. The van der Waals surface area contributed by atoms with Gasteiger partial charge < -0.3 is 9.26 Å².